The van der Waals surface area contributed by atoms with E-state index < -0.39 is 0 Å². The molecule has 3 aromatic rings. The molecule has 0 amide bonds. The lowest BCUT2D eigenvalue weighted by Gasteiger charge is -2.02. The molecule has 0 unspecified atom stereocenters. The highest BCUT2D eigenvalue weighted by molar-refractivity contribution is 7.98. The minimum Gasteiger partial charge on any atom is -0.269 e. The number of tetrazole rings is 1. The topological polar surface area (TPSA) is 78.0 Å². The maximum absolute atomic E-state index is 11.9. The Balaban J connectivity index is 1.58. The lowest BCUT2D eigenvalue weighted by Crippen LogP contribution is -2.12. The van der Waals surface area contributed by atoms with Crippen molar-refractivity contribution < 1.29 is 0 Å². The number of thioether (sulfide) groups is 1. The number of rotatable bonds is 4. The van der Waals surface area contributed by atoms with E-state index in [9.17, 15) is 4.79 Å². The van der Waals surface area contributed by atoms with Gasteiger partial charge in [0.1, 0.15) is 0 Å². The van der Waals surface area contributed by atoms with Crippen LogP contribution in [0.2, 0.25) is 0 Å². The Bertz CT molecular complexity index is 818. The Kier molecular flexibility index (Phi) is 2.81. The van der Waals surface area contributed by atoms with E-state index in [0.717, 1.165) is 28.7 Å². The van der Waals surface area contributed by atoms with Gasteiger partial charge in [-0.05, 0) is 23.3 Å². The van der Waals surface area contributed by atoms with Crippen molar-refractivity contribution >= 4 is 28.1 Å². The summed E-state index contributed by atoms with van der Waals surface area (Å²) in [6.45, 7) is 0. The summed E-state index contributed by atoms with van der Waals surface area (Å²) in [4.78, 5) is 17.1. The second kappa shape index (κ2) is 4.67. The molecule has 0 saturated heterocycles. The highest BCUT2D eigenvalue weighted by Gasteiger charge is 2.27. The molecule has 0 atom stereocenters. The second-order valence-electron chi connectivity index (χ2n) is 4.57. The summed E-state index contributed by atoms with van der Waals surface area (Å²) in [5.41, 5.74) is 0.710. The van der Waals surface area contributed by atoms with Crippen molar-refractivity contribution in [1.82, 2.24) is 29.6 Å². The maximum atomic E-state index is 11.9. The average Bonchev–Trinajstić information content (AvgIpc) is 3.00. The molecule has 1 aliphatic carbocycles. The van der Waals surface area contributed by atoms with Crippen molar-refractivity contribution in [3.63, 3.8) is 0 Å². The number of fused-ring (bicyclic) bond motifs is 1. The van der Waals surface area contributed by atoms with E-state index in [0.29, 0.717) is 11.8 Å². The summed E-state index contributed by atoms with van der Waals surface area (Å²) in [5, 5.41) is 14.4. The minimum atomic E-state index is -0.0476. The zero-order valence-corrected chi connectivity index (χ0v) is 12.0. The van der Waals surface area contributed by atoms with Crippen LogP contribution in [-0.2, 0) is 5.75 Å². The van der Waals surface area contributed by atoms with Crippen LogP contribution < -0.4 is 5.56 Å². The molecule has 3 aromatic heterocycles. The van der Waals surface area contributed by atoms with Crippen molar-refractivity contribution in [1.29, 1.82) is 0 Å². The number of hydrogen-bond donors (Lipinski definition) is 0. The van der Waals surface area contributed by atoms with E-state index in [2.05, 4.69) is 20.5 Å². The van der Waals surface area contributed by atoms with Gasteiger partial charge in [0, 0.05) is 23.4 Å². The largest absolute Gasteiger partial charge is 0.269 e. The third-order valence-electron chi connectivity index (χ3n) is 3.06. The fraction of sp³-hybridized carbons (Fsp3) is 0.364. The van der Waals surface area contributed by atoms with Gasteiger partial charge in [0.2, 0.25) is 5.16 Å². The molecule has 0 N–H and O–H groups in total. The lowest BCUT2D eigenvalue weighted by molar-refractivity contribution is 0.565. The Labute approximate surface area is 121 Å². The van der Waals surface area contributed by atoms with Crippen LogP contribution in [-0.4, -0.2) is 29.6 Å². The summed E-state index contributed by atoms with van der Waals surface area (Å²) in [7, 11) is 0. The van der Waals surface area contributed by atoms with Gasteiger partial charge in [-0.25, -0.2) is 9.67 Å². The average molecular weight is 306 g/mol. The summed E-state index contributed by atoms with van der Waals surface area (Å²) in [5.74, 6) is 0.594. The van der Waals surface area contributed by atoms with Crippen LogP contribution in [0.1, 0.15) is 24.6 Å². The number of nitrogens with zero attached hydrogens (tertiary/aromatic N) is 6. The van der Waals surface area contributed by atoms with E-state index in [4.69, 9.17) is 0 Å². The molecule has 0 aromatic carbocycles. The fourth-order valence-electron chi connectivity index (χ4n) is 1.93. The molecule has 1 saturated carbocycles. The molecule has 0 bridgehead atoms. The molecule has 9 heteroatoms. The summed E-state index contributed by atoms with van der Waals surface area (Å²) in [6.07, 6.45) is 4.01. The van der Waals surface area contributed by atoms with Gasteiger partial charge in [-0.15, -0.1) is 16.4 Å². The first-order chi connectivity index (χ1) is 9.81. The summed E-state index contributed by atoms with van der Waals surface area (Å²) >= 11 is 2.97. The normalized spacial score (nSPS) is 15.0. The molecule has 4 rings (SSSR count). The van der Waals surface area contributed by atoms with Gasteiger partial charge < -0.3 is 0 Å². The SMILES string of the molecule is O=c1cc(CSc2nnnn2C2CC2)nc2sccn12. The molecule has 1 fully saturated rings. The maximum Gasteiger partial charge on any atom is 0.258 e. The molecule has 7 nitrogen and oxygen atoms in total. The van der Waals surface area contributed by atoms with E-state index in [1.807, 2.05) is 10.1 Å². The predicted molar refractivity (Wildman–Crippen MR) is 75.0 cm³/mol. The first-order valence-corrected chi connectivity index (χ1v) is 8.04. The van der Waals surface area contributed by atoms with Crippen LogP contribution in [0.15, 0.2) is 27.6 Å². The van der Waals surface area contributed by atoms with Crippen LogP contribution in [0, 0.1) is 0 Å². The minimum absolute atomic E-state index is 0.0476. The first kappa shape index (κ1) is 12.0. The molecular formula is C11H10N6OS2. The van der Waals surface area contributed by atoms with Crippen LogP contribution >= 0.6 is 23.1 Å². The van der Waals surface area contributed by atoms with Gasteiger partial charge in [0.05, 0.1) is 11.7 Å². The van der Waals surface area contributed by atoms with Crippen LogP contribution in [0.3, 0.4) is 0 Å². The quantitative estimate of drug-likeness (QED) is 0.677. The Morgan fingerprint density at radius 2 is 2.35 bits per heavy atom. The predicted octanol–water partition coefficient (Wildman–Crippen LogP) is 1.37. The highest BCUT2D eigenvalue weighted by atomic mass is 32.2. The Hall–Kier alpha value is -1.74. The standard InChI is InChI=1S/C11H10N6OS2/c18-9-5-7(12-10-16(9)3-4-19-10)6-20-11-13-14-15-17(11)8-1-2-8/h3-5,8H,1-2,6H2. The molecule has 3 heterocycles. The van der Waals surface area contributed by atoms with E-state index in [-0.39, 0.29) is 5.56 Å². The number of hydrogen-bond acceptors (Lipinski definition) is 7. The Morgan fingerprint density at radius 1 is 1.45 bits per heavy atom. The van der Waals surface area contributed by atoms with Gasteiger partial charge in [-0.1, -0.05) is 11.8 Å². The summed E-state index contributed by atoms with van der Waals surface area (Å²) < 4.78 is 3.41. The Morgan fingerprint density at radius 3 is 3.20 bits per heavy atom. The van der Waals surface area contributed by atoms with Crippen molar-refractivity contribution in [3.05, 3.63) is 33.7 Å². The number of thiazole rings is 1. The van der Waals surface area contributed by atoms with Gasteiger partial charge in [0.25, 0.3) is 5.56 Å². The second-order valence-corrected chi connectivity index (χ2v) is 6.38. The molecule has 20 heavy (non-hydrogen) atoms. The van der Waals surface area contributed by atoms with Crippen molar-refractivity contribution in [2.45, 2.75) is 29.8 Å². The van der Waals surface area contributed by atoms with Gasteiger partial charge in [0.15, 0.2) is 4.96 Å². The van der Waals surface area contributed by atoms with Crippen LogP contribution in [0.25, 0.3) is 4.96 Å². The van der Waals surface area contributed by atoms with Gasteiger partial charge in [-0.3, -0.25) is 9.20 Å². The van der Waals surface area contributed by atoms with Gasteiger partial charge >= 0.3 is 0 Å². The zero-order valence-electron chi connectivity index (χ0n) is 10.3. The number of aromatic nitrogens is 6. The summed E-state index contributed by atoms with van der Waals surface area (Å²) in [6, 6.07) is 2.02. The third kappa shape index (κ3) is 2.12. The molecular weight excluding hydrogens is 296 g/mol. The molecule has 0 spiro atoms. The highest BCUT2D eigenvalue weighted by Crippen LogP contribution is 2.36. The monoisotopic (exact) mass is 306 g/mol. The van der Waals surface area contributed by atoms with Gasteiger partial charge in [-0.2, -0.15) is 0 Å². The fourth-order valence-corrected chi connectivity index (χ4v) is 3.50. The first-order valence-electron chi connectivity index (χ1n) is 6.18. The molecule has 0 radical (unpaired) electrons. The third-order valence-corrected chi connectivity index (χ3v) is 4.78. The van der Waals surface area contributed by atoms with Crippen molar-refractivity contribution in [3.8, 4) is 0 Å². The van der Waals surface area contributed by atoms with Crippen LogP contribution in [0.4, 0.5) is 0 Å². The molecule has 0 aliphatic heterocycles. The van der Waals surface area contributed by atoms with E-state index in [1.54, 1.807) is 16.7 Å². The lowest BCUT2D eigenvalue weighted by atomic mass is 10.4. The molecule has 102 valence electrons. The molecule has 1 aliphatic rings. The smallest absolute Gasteiger partial charge is 0.258 e. The van der Waals surface area contributed by atoms with Crippen molar-refractivity contribution in [2.75, 3.05) is 0 Å². The zero-order chi connectivity index (χ0) is 13.5. The van der Waals surface area contributed by atoms with Crippen molar-refractivity contribution in [2.24, 2.45) is 0 Å². The van der Waals surface area contributed by atoms with E-state index in [1.165, 1.54) is 23.1 Å². The van der Waals surface area contributed by atoms with Crippen LogP contribution in [0.5, 0.6) is 0 Å². The van der Waals surface area contributed by atoms with E-state index >= 15 is 0 Å².